The molecule has 1 N–H and O–H groups in total. The van der Waals surface area contributed by atoms with Crippen LogP contribution in [-0.2, 0) is 16.0 Å². The molecule has 0 spiro atoms. The van der Waals surface area contributed by atoms with Gasteiger partial charge < -0.3 is 10.1 Å². The Morgan fingerprint density at radius 3 is 2.39 bits per heavy atom. The third kappa shape index (κ3) is 4.89. The Balaban J connectivity index is 1.88. The first-order valence-electron chi connectivity index (χ1n) is 7.18. The van der Waals surface area contributed by atoms with Crippen molar-refractivity contribution in [3.63, 3.8) is 0 Å². The van der Waals surface area contributed by atoms with Crippen molar-refractivity contribution in [1.82, 2.24) is 5.32 Å². The number of methoxy groups -OCH3 is 1. The van der Waals surface area contributed by atoms with Crippen molar-refractivity contribution < 1.29 is 14.5 Å². The second-order valence-electron chi connectivity index (χ2n) is 5.04. The smallest absolute Gasteiger partial charge is 0.269 e. The molecule has 2 aromatic rings. The van der Waals surface area contributed by atoms with Crippen LogP contribution in [-0.4, -0.2) is 24.5 Å². The zero-order valence-electron chi connectivity index (χ0n) is 12.8. The molecule has 2 aromatic carbocycles. The number of nitrogens with one attached hydrogen (secondary N) is 1. The molecule has 0 aliphatic carbocycles. The van der Waals surface area contributed by atoms with Crippen molar-refractivity contribution in [1.29, 1.82) is 0 Å². The van der Waals surface area contributed by atoms with Gasteiger partial charge in [-0.15, -0.1) is 0 Å². The molecule has 0 bridgehead atoms. The van der Waals surface area contributed by atoms with E-state index in [1.165, 1.54) is 12.1 Å². The Kier molecular flexibility index (Phi) is 5.82. The fourth-order valence-corrected chi connectivity index (χ4v) is 2.19. The summed E-state index contributed by atoms with van der Waals surface area (Å²) in [6, 6.07) is 15.6. The van der Waals surface area contributed by atoms with Gasteiger partial charge in [-0.05, 0) is 11.1 Å². The standard InChI is InChI=1S/C17H18N2O4/c1-23-16(14-5-3-2-4-6-14)12-18-17(20)11-13-7-9-15(10-8-13)19(21)22/h2-10,16H,11-12H2,1H3,(H,18,20). The largest absolute Gasteiger partial charge is 0.375 e. The lowest BCUT2D eigenvalue weighted by atomic mass is 10.1. The Labute approximate surface area is 134 Å². The first-order valence-corrected chi connectivity index (χ1v) is 7.18. The summed E-state index contributed by atoms with van der Waals surface area (Å²) in [6.45, 7) is 0.367. The van der Waals surface area contributed by atoms with E-state index in [1.807, 2.05) is 30.3 Å². The number of carbonyl (C=O) groups is 1. The minimum Gasteiger partial charge on any atom is -0.375 e. The number of amides is 1. The molecule has 1 atom stereocenters. The van der Waals surface area contributed by atoms with Crippen LogP contribution in [0.1, 0.15) is 17.2 Å². The molecule has 23 heavy (non-hydrogen) atoms. The van der Waals surface area contributed by atoms with Gasteiger partial charge in [0, 0.05) is 25.8 Å². The quantitative estimate of drug-likeness (QED) is 0.629. The maximum atomic E-state index is 12.0. The highest BCUT2D eigenvalue weighted by Gasteiger charge is 2.12. The Morgan fingerprint density at radius 2 is 1.83 bits per heavy atom. The molecule has 0 aliphatic rings. The van der Waals surface area contributed by atoms with E-state index in [9.17, 15) is 14.9 Å². The van der Waals surface area contributed by atoms with Crippen molar-refractivity contribution in [3.05, 3.63) is 75.8 Å². The van der Waals surface area contributed by atoms with Gasteiger partial charge >= 0.3 is 0 Å². The van der Waals surface area contributed by atoms with Gasteiger partial charge in [-0.25, -0.2) is 0 Å². The van der Waals surface area contributed by atoms with Crippen LogP contribution >= 0.6 is 0 Å². The molecule has 0 saturated carbocycles. The Hall–Kier alpha value is -2.73. The predicted octanol–water partition coefficient (Wildman–Crippen LogP) is 2.64. The van der Waals surface area contributed by atoms with Gasteiger partial charge in [-0.2, -0.15) is 0 Å². The van der Waals surface area contributed by atoms with Gasteiger partial charge in [0.1, 0.15) is 0 Å². The number of non-ortho nitro benzene ring substituents is 1. The molecule has 0 fully saturated rings. The number of nitro groups is 1. The lowest BCUT2D eigenvalue weighted by Crippen LogP contribution is -2.30. The highest BCUT2D eigenvalue weighted by molar-refractivity contribution is 5.78. The molecule has 0 saturated heterocycles. The number of ether oxygens (including phenoxy) is 1. The van der Waals surface area contributed by atoms with E-state index in [4.69, 9.17) is 4.74 Å². The molecule has 6 heteroatoms. The average molecular weight is 314 g/mol. The van der Waals surface area contributed by atoms with Gasteiger partial charge in [0.15, 0.2) is 0 Å². The average Bonchev–Trinajstić information content (AvgIpc) is 2.57. The Morgan fingerprint density at radius 1 is 1.17 bits per heavy atom. The fraction of sp³-hybridized carbons (Fsp3) is 0.235. The molecular formula is C17H18N2O4. The van der Waals surface area contributed by atoms with E-state index in [-0.39, 0.29) is 24.1 Å². The fourth-order valence-electron chi connectivity index (χ4n) is 2.19. The minimum absolute atomic E-state index is 0.0117. The number of benzene rings is 2. The van der Waals surface area contributed by atoms with E-state index >= 15 is 0 Å². The second-order valence-corrected chi connectivity index (χ2v) is 5.04. The number of nitro benzene ring substituents is 1. The van der Waals surface area contributed by atoms with Gasteiger partial charge in [-0.3, -0.25) is 14.9 Å². The van der Waals surface area contributed by atoms with Crippen molar-refractivity contribution in [3.8, 4) is 0 Å². The molecule has 0 aromatic heterocycles. The maximum absolute atomic E-state index is 12.0. The van der Waals surface area contributed by atoms with Crippen LogP contribution in [0.2, 0.25) is 0 Å². The van der Waals surface area contributed by atoms with Crippen LogP contribution in [0, 0.1) is 10.1 Å². The van der Waals surface area contributed by atoms with Crippen LogP contribution in [0.5, 0.6) is 0 Å². The first-order chi connectivity index (χ1) is 11.1. The first kappa shape index (κ1) is 16.6. The molecule has 120 valence electrons. The second kappa shape index (κ2) is 8.05. The topological polar surface area (TPSA) is 81.5 Å². The summed E-state index contributed by atoms with van der Waals surface area (Å²) in [4.78, 5) is 22.1. The highest BCUT2D eigenvalue weighted by Crippen LogP contribution is 2.15. The van der Waals surface area contributed by atoms with Gasteiger partial charge in [0.2, 0.25) is 5.91 Å². The van der Waals surface area contributed by atoms with E-state index in [1.54, 1.807) is 19.2 Å². The van der Waals surface area contributed by atoms with E-state index in [2.05, 4.69) is 5.32 Å². The van der Waals surface area contributed by atoms with Crippen LogP contribution < -0.4 is 5.32 Å². The molecule has 0 aliphatic heterocycles. The third-order valence-corrected chi connectivity index (χ3v) is 3.45. The van der Waals surface area contributed by atoms with E-state index < -0.39 is 4.92 Å². The molecule has 1 unspecified atom stereocenters. The van der Waals surface area contributed by atoms with Crippen molar-refractivity contribution >= 4 is 11.6 Å². The summed E-state index contributed by atoms with van der Waals surface area (Å²) in [5.41, 5.74) is 1.73. The molecule has 1 amide bonds. The number of rotatable bonds is 7. The van der Waals surface area contributed by atoms with E-state index in [0.29, 0.717) is 6.54 Å². The van der Waals surface area contributed by atoms with Gasteiger partial charge in [0.25, 0.3) is 5.69 Å². The number of hydrogen-bond acceptors (Lipinski definition) is 4. The van der Waals surface area contributed by atoms with Crippen LogP contribution in [0.4, 0.5) is 5.69 Å². The lowest BCUT2D eigenvalue weighted by molar-refractivity contribution is -0.384. The van der Waals surface area contributed by atoms with Crippen LogP contribution in [0.15, 0.2) is 54.6 Å². The van der Waals surface area contributed by atoms with Gasteiger partial charge in [0.05, 0.1) is 17.4 Å². The molecule has 2 rings (SSSR count). The summed E-state index contributed by atoms with van der Waals surface area (Å²) in [5, 5.41) is 13.4. The summed E-state index contributed by atoms with van der Waals surface area (Å²) in [6.07, 6.45) is -0.0412. The normalized spacial score (nSPS) is 11.7. The zero-order valence-corrected chi connectivity index (χ0v) is 12.8. The summed E-state index contributed by atoms with van der Waals surface area (Å²) in [7, 11) is 1.60. The lowest BCUT2D eigenvalue weighted by Gasteiger charge is -2.16. The predicted molar refractivity (Wildman–Crippen MR) is 86.0 cm³/mol. The summed E-state index contributed by atoms with van der Waals surface area (Å²) < 4.78 is 5.39. The molecule has 6 nitrogen and oxygen atoms in total. The highest BCUT2D eigenvalue weighted by atomic mass is 16.6. The van der Waals surface area contributed by atoms with Crippen molar-refractivity contribution in [2.75, 3.05) is 13.7 Å². The SMILES string of the molecule is COC(CNC(=O)Cc1ccc([N+](=O)[O-])cc1)c1ccccc1. The summed E-state index contributed by atoms with van der Waals surface area (Å²) in [5.74, 6) is -0.156. The monoisotopic (exact) mass is 314 g/mol. The third-order valence-electron chi connectivity index (χ3n) is 3.45. The number of carbonyl (C=O) groups excluding carboxylic acids is 1. The zero-order chi connectivity index (χ0) is 16.7. The number of hydrogen-bond donors (Lipinski definition) is 1. The van der Waals surface area contributed by atoms with Crippen LogP contribution in [0.3, 0.4) is 0 Å². The van der Waals surface area contributed by atoms with Gasteiger partial charge in [-0.1, -0.05) is 42.5 Å². The molecular weight excluding hydrogens is 296 g/mol. The minimum atomic E-state index is -0.465. The molecule has 0 heterocycles. The van der Waals surface area contributed by atoms with Crippen molar-refractivity contribution in [2.24, 2.45) is 0 Å². The summed E-state index contributed by atoms with van der Waals surface area (Å²) >= 11 is 0. The molecule has 0 radical (unpaired) electrons. The van der Waals surface area contributed by atoms with Crippen LogP contribution in [0.25, 0.3) is 0 Å². The maximum Gasteiger partial charge on any atom is 0.269 e. The van der Waals surface area contributed by atoms with Crippen molar-refractivity contribution in [2.45, 2.75) is 12.5 Å². The van der Waals surface area contributed by atoms with E-state index in [0.717, 1.165) is 11.1 Å². The number of nitrogens with zero attached hydrogens (tertiary/aromatic N) is 1. The Bertz CT molecular complexity index is 656.